The van der Waals surface area contributed by atoms with Crippen molar-refractivity contribution in [3.05, 3.63) is 146 Å². The smallest absolute Gasteiger partial charge is 0.227 e. The Morgan fingerprint density at radius 2 is 0.917 bits per heavy atom. The number of oxazole rings is 1. The molecule has 0 fully saturated rings. The van der Waals surface area contributed by atoms with Crippen LogP contribution in [0.15, 0.2) is 154 Å². The molecule has 224 valence electrons. The minimum Gasteiger partial charge on any atom is -0.456 e. The molecule has 0 amide bonds. The predicted octanol–water partition coefficient (Wildman–Crippen LogP) is 10.9. The van der Waals surface area contributed by atoms with Crippen molar-refractivity contribution in [1.29, 1.82) is 0 Å². The summed E-state index contributed by atoms with van der Waals surface area (Å²) in [6, 6.07) is 48.8. The van der Waals surface area contributed by atoms with Gasteiger partial charge < -0.3 is 8.83 Å². The minimum absolute atomic E-state index is 0.513. The van der Waals surface area contributed by atoms with E-state index < -0.39 is 0 Å². The molecule has 0 unspecified atom stereocenters. The molecule has 0 aliphatic carbocycles. The highest BCUT2D eigenvalue weighted by Crippen LogP contribution is 2.42. The van der Waals surface area contributed by atoms with Gasteiger partial charge in [0.15, 0.2) is 23.1 Å². The molecule has 0 radical (unpaired) electrons. The molecule has 0 aliphatic heterocycles. The van der Waals surface area contributed by atoms with Crippen molar-refractivity contribution in [2.45, 2.75) is 0 Å². The molecular weight excluding hydrogens is 592 g/mol. The molecule has 0 atom stereocenters. The van der Waals surface area contributed by atoms with Crippen molar-refractivity contribution in [3.8, 4) is 45.6 Å². The Balaban J connectivity index is 1.16. The van der Waals surface area contributed by atoms with Crippen molar-refractivity contribution >= 4 is 54.6 Å². The molecule has 7 aromatic carbocycles. The first-order valence-corrected chi connectivity index (χ1v) is 15.8. The zero-order valence-electron chi connectivity index (χ0n) is 25.5. The Labute approximate surface area is 274 Å². The van der Waals surface area contributed by atoms with Crippen LogP contribution in [0.2, 0.25) is 0 Å². The van der Waals surface area contributed by atoms with E-state index in [1.807, 2.05) is 103 Å². The van der Waals surface area contributed by atoms with Crippen molar-refractivity contribution in [3.63, 3.8) is 0 Å². The van der Waals surface area contributed by atoms with Crippen LogP contribution in [0, 0.1) is 0 Å². The Kier molecular flexibility index (Phi) is 5.77. The average Bonchev–Trinajstić information content (AvgIpc) is 3.77. The zero-order valence-corrected chi connectivity index (χ0v) is 25.5. The van der Waals surface area contributed by atoms with Gasteiger partial charge in [0, 0.05) is 33.0 Å². The van der Waals surface area contributed by atoms with Crippen LogP contribution >= 0.6 is 0 Å². The fourth-order valence-electron chi connectivity index (χ4n) is 6.68. The van der Waals surface area contributed by atoms with Crippen LogP contribution in [-0.4, -0.2) is 19.9 Å². The van der Waals surface area contributed by atoms with Crippen molar-refractivity contribution < 1.29 is 8.83 Å². The Hall–Kier alpha value is -6.66. The number of rotatable bonds is 4. The van der Waals surface area contributed by atoms with E-state index in [-0.39, 0.29) is 0 Å². The third-order valence-corrected chi connectivity index (χ3v) is 8.93. The topological polar surface area (TPSA) is 77.8 Å². The standard InChI is InChI=1S/C42H24N4O2/c1-3-11-27(12-4-1)39-44-40(28-13-5-2-6-14-28)46-41(45-39)29-15-9-16-30(24-29)42-43-38-34(48-42)23-22-33-37(38)36-32(47-33)21-20-26-19-18-25-10-7-8-17-31(25)35(26)36/h1-24H. The Morgan fingerprint density at radius 1 is 0.354 bits per heavy atom. The monoisotopic (exact) mass is 616 g/mol. The molecule has 3 aromatic heterocycles. The molecule has 0 aliphatic rings. The fraction of sp³-hybridized carbons (Fsp3) is 0. The molecule has 6 nitrogen and oxygen atoms in total. The molecule has 3 heterocycles. The van der Waals surface area contributed by atoms with E-state index in [1.165, 1.54) is 10.8 Å². The van der Waals surface area contributed by atoms with Gasteiger partial charge in [0.1, 0.15) is 16.7 Å². The second-order valence-corrected chi connectivity index (χ2v) is 11.8. The summed E-state index contributed by atoms with van der Waals surface area (Å²) in [7, 11) is 0. The van der Waals surface area contributed by atoms with Gasteiger partial charge >= 0.3 is 0 Å². The van der Waals surface area contributed by atoms with E-state index in [1.54, 1.807) is 0 Å². The van der Waals surface area contributed by atoms with E-state index in [4.69, 9.17) is 28.8 Å². The van der Waals surface area contributed by atoms with Gasteiger partial charge in [0.2, 0.25) is 5.89 Å². The fourth-order valence-corrected chi connectivity index (χ4v) is 6.68. The van der Waals surface area contributed by atoms with Gasteiger partial charge in [0.05, 0.1) is 5.39 Å². The maximum Gasteiger partial charge on any atom is 0.227 e. The Bertz CT molecular complexity index is 2780. The van der Waals surface area contributed by atoms with Crippen molar-refractivity contribution in [2.75, 3.05) is 0 Å². The van der Waals surface area contributed by atoms with Crippen molar-refractivity contribution in [2.24, 2.45) is 0 Å². The maximum absolute atomic E-state index is 6.45. The number of hydrogen-bond donors (Lipinski definition) is 0. The lowest BCUT2D eigenvalue weighted by atomic mass is 9.97. The summed E-state index contributed by atoms with van der Waals surface area (Å²) in [4.78, 5) is 19.8. The van der Waals surface area contributed by atoms with Crippen LogP contribution in [-0.2, 0) is 0 Å². The highest BCUT2D eigenvalue weighted by atomic mass is 16.4. The SMILES string of the molecule is c1ccc(-c2nc(-c3ccccc3)nc(-c3cccc(-c4nc5c(ccc6oc7ccc8ccc9ccccc9c8c7c65)o4)c3)n2)cc1. The van der Waals surface area contributed by atoms with Crippen LogP contribution in [0.1, 0.15) is 0 Å². The quantitative estimate of drug-likeness (QED) is 0.183. The van der Waals surface area contributed by atoms with Gasteiger partial charge in [-0.05, 0) is 46.5 Å². The molecule has 10 aromatic rings. The highest BCUT2D eigenvalue weighted by Gasteiger charge is 2.20. The Morgan fingerprint density at radius 3 is 1.69 bits per heavy atom. The molecule has 0 N–H and O–H groups in total. The number of nitrogens with zero attached hydrogens (tertiary/aromatic N) is 4. The zero-order chi connectivity index (χ0) is 31.6. The third-order valence-electron chi connectivity index (χ3n) is 8.93. The van der Waals surface area contributed by atoms with Gasteiger partial charge in [-0.15, -0.1) is 0 Å². The normalized spacial score (nSPS) is 11.8. The van der Waals surface area contributed by atoms with Gasteiger partial charge in [-0.1, -0.05) is 115 Å². The van der Waals surface area contributed by atoms with Crippen LogP contribution in [0.5, 0.6) is 0 Å². The summed E-state index contributed by atoms with van der Waals surface area (Å²) in [5.74, 6) is 2.31. The number of benzene rings is 7. The van der Waals surface area contributed by atoms with Crippen LogP contribution in [0.25, 0.3) is 100 Å². The number of furan rings is 1. The van der Waals surface area contributed by atoms with Gasteiger partial charge in [0.25, 0.3) is 0 Å². The van der Waals surface area contributed by atoms with Crippen LogP contribution < -0.4 is 0 Å². The number of fused-ring (bicyclic) bond motifs is 9. The molecule has 0 spiro atoms. The summed E-state index contributed by atoms with van der Waals surface area (Å²) in [5, 5.41) is 6.67. The molecule has 10 rings (SSSR count). The first kappa shape index (κ1) is 26.5. The molecule has 0 saturated heterocycles. The minimum atomic E-state index is 0.513. The van der Waals surface area contributed by atoms with Gasteiger partial charge in [-0.3, -0.25) is 0 Å². The van der Waals surface area contributed by atoms with E-state index in [0.717, 1.165) is 60.5 Å². The summed E-state index contributed by atoms with van der Waals surface area (Å²) in [6.07, 6.45) is 0. The number of aromatic nitrogens is 4. The van der Waals surface area contributed by atoms with Gasteiger partial charge in [-0.25, -0.2) is 19.9 Å². The summed E-state index contributed by atoms with van der Waals surface area (Å²) >= 11 is 0. The van der Waals surface area contributed by atoms with Gasteiger partial charge in [-0.2, -0.15) is 0 Å². The third kappa shape index (κ3) is 4.20. The average molecular weight is 617 g/mol. The maximum atomic E-state index is 6.45. The van der Waals surface area contributed by atoms with E-state index in [0.29, 0.717) is 28.9 Å². The lowest BCUT2D eigenvalue weighted by Crippen LogP contribution is -2.00. The molecule has 0 bridgehead atoms. The van der Waals surface area contributed by atoms with Crippen LogP contribution in [0.3, 0.4) is 0 Å². The highest BCUT2D eigenvalue weighted by molar-refractivity contribution is 6.30. The summed E-state index contributed by atoms with van der Waals surface area (Å²) < 4.78 is 12.9. The van der Waals surface area contributed by atoms with E-state index in [9.17, 15) is 0 Å². The second kappa shape index (κ2) is 10.4. The van der Waals surface area contributed by atoms with Crippen LogP contribution in [0.4, 0.5) is 0 Å². The molecule has 0 saturated carbocycles. The molecule has 48 heavy (non-hydrogen) atoms. The lowest BCUT2D eigenvalue weighted by molar-refractivity contribution is 0.619. The van der Waals surface area contributed by atoms with Crippen molar-refractivity contribution in [1.82, 2.24) is 19.9 Å². The molecule has 6 heteroatoms. The second-order valence-electron chi connectivity index (χ2n) is 11.8. The first-order valence-electron chi connectivity index (χ1n) is 15.8. The van der Waals surface area contributed by atoms with E-state index >= 15 is 0 Å². The largest absolute Gasteiger partial charge is 0.456 e. The summed E-state index contributed by atoms with van der Waals surface area (Å²) in [5.41, 5.74) is 6.57. The predicted molar refractivity (Wildman–Crippen MR) is 191 cm³/mol. The number of hydrogen-bond acceptors (Lipinski definition) is 6. The van der Waals surface area contributed by atoms with E-state index in [2.05, 4.69) is 42.5 Å². The molecular formula is C42H24N4O2. The first-order chi connectivity index (χ1) is 23.8. The summed E-state index contributed by atoms with van der Waals surface area (Å²) in [6.45, 7) is 0. The lowest BCUT2D eigenvalue weighted by Gasteiger charge is -2.08.